The Bertz CT molecular complexity index is 656. The van der Waals surface area contributed by atoms with Gasteiger partial charge in [0, 0.05) is 10.7 Å². The van der Waals surface area contributed by atoms with Crippen molar-refractivity contribution in [3.63, 3.8) is 0 Å². The van der Waals surface area contributed by atoms with Crippen molar-refractivity contribution in [1.82, 2.24) is 0 Å². The fourth-order valence-corrected chi connectivity index (χ4v) is 2.03. The van der Waals surface area contributed by atoms with Crippen LogP contribution < -0.4 is 15.8 Å². The molecule has 0 radical (unpaired) electrons. The minimum atomic E-state index is -0.303. The summed E-state index contributed by atoms with van der Waals surface area (Å²) in [5, 5.41) is 3.26. The number of amides is 1. The number of ether oxygens (including phenoxy) is 1. The van der Waals surface area contributed by atoms with E-state index in [1.165, 1.54) is 7.11 Å². The van der Waals surface area contributed by atoms with E-state index >= 15 is 0 Å². The average molecular weight is 291 g/mol. The lowest BCUT2D eigenvalue weighted by molar-refractivity contribution is 0.102. The number of aryl methyl sites for hydroxylation is 1. The Morgan fingerprint density at radius 1 is 1.25 bits per heavy atom. The van der Waals surface area contributed by atoms with Crippen LogP contribution in [0.5, 0.6) is 5.75 Å². The van der Waals surface area contributed by atoms with Crippen molar-refractivity contribution in [2.45, 2.75) is 6.92 Å². The monoisotopic (exact) mass is 290 g/mol. The topological polar surface area (TPSA) is 64.3 Å². The number of halogens is 1. The molecule has 4 nitrogen and oxygen atoms in total. The molecule has 20 heavy (non-hydrogen) atoms. The molecule has 0 saturated carbocycles. The highest BCUT2D eigenvalue weighted by Gasteiger charge is 2.12. The maximum absolute atomic E-state index is 12.2. The van der Waals surface area contributed by atoms with Gasteiger partial charge in [-0.25, -0.2) is 0 Å². The Hall–Kier alpha value is -2.20. The van der Waals surface area contributed by atoms with Crippen molar-refractivity contribution in [2.75, 3.05) is 18.2 Å². The molecule has 0 fully saturated rings. The maximum Gasteiger partial charge on any atom is 0.257 e. The first-order chi connectivity index (χ1) is 9.51. The van der Waals surface area contributed by atoms with Crippen LogP contribution in [0.3, 0.4) is 0 Å². The number of hydrogen-bond donors (Lipinski definition) is 2. The Morgan fingerprint density at radius 3 is 2.65 bits per heavy atom. The second-order valence-electron chi connectivity index (χ2n) is 4.39. The zero-order valence-corrected chi connectivity index (χ0v) is 12.0. The number of rotatable bonds is 3. The van der Waals surface area contributed by atoms with Crippen molar-refractivity contribution in [1.29, 1.82) is 0 Å². The smallest absolute Gasteiger partial charge is 0.257 e. The number of hydrogen-bond acceptors (Lipinski definition) is 3. The summed E-state index contributed by atoms with van der Waals surface area (Å²) >= 11 is 5.92. The summed E-state index contributed by atoms with van der Waals surface area (Å²) in [5.74, 6) is 0.233. The molecule has 2 aromatic carbocycles. The van der Waals surface area contributed by atoms with E-state index in [1.807, 2.05) is 13.0 Å². The molecule has 0 saturated heterocycles. The summed E-state index contributed by atoms with van der Waals surface area (Å²) in [5.41, 5.74) is 8.21. The SMILES string of the molecule is COc1ccc(Cl)cc1NC(=O)c1ccc(C)cc1N. The highest BCUT2D eigenvalue weighted by atomic mass is 35.5. The molecule has 0 aromatic heterocycles. The zero-order valence-electron chi connectivity index (χ0n) is 11.2. The molecule has 0 aliphatic carbocycles. The molecule has 0 aliphatic rings. The summed E-state index contributed by atoms with van der Waals surface area (Å²) in [4.78, 5) is 12.2. The molecule has 3 N–H and O–H groups in total. The molecule has 0 atom stereocenters. The average Bonchev–Trinajstić information content (AvgIpc) is 2.38. The van der Waals surface area contributed by atoms with Crippen LogP contribution in [0.25, 0.3) is 0 Å². The maximum atomic E-state index is 12.2. The van der Waals surface area contributed by atoms with Crippen molar-refractivity contribution in [2.24, 2.45) is 0 Å². The van der Waals surface area contributed by atoms with E-state index in [1.54, 1.807) is 30.3 Å². The number of nitrogens with one attached hydrogen (secondary N) is 1. The van der Waals surface area contributed by atoms with Crippen LogP contribution in [-0.4, -0.2) is 13.0 Å². The molecule has 2 rings (SSSR count). The number of carbonyl (C=O) groups excluding carboxylic acids is 1. The lowest BCUT2D eigenvalue weighted by Gasteiger charge is -2.12. The summed E-state index contributed by atoms with van der Waals surface area (Å²) < 4.78 is 5.18. The van der Waals surface area contributed by atoms with Crippen LogP contribution in [0.4, 0.5) is 11.4 Å². The minimum absolute atomic E-state index is 0.303. The standard InChI is InChI=1S/C15H15ClN2O2/c1-9-3-5-11(12(17)7-9)15(19)18-13-8-10(16)4-6-14(13)20-2/h3-8H,17H2,1-2H3,(H,18,19). The molecule has 0 aliphatic heterocycles. The van der Waals surface area contributed by atoms with Crippen LogP contribution >= 0.6 is 11.6 Å². The van der Waals surface area contributed by atoms with Gasteiger partial charge in [0.1, 0.15) is 5.75 Å². The first-order valence-corrected chi connectivity index (χ1v) is 6.40. The normalized spacial score (nSPS) is 10.2. The van der Waals surface area contributed by atoms with E-state index in [0.29, 0.717) is 27.7 Å². The molecule has 5 heteroatoms. The Kier molecular flexibility index (Phi) is 4.15. The van der Waals surface area contributed by atoms with Crippen molar-refractivity contribution in [3.8, 4) is 5.75 Å². The molecule has 0 bridgehead atoms. The molecule has 104 valence electrons. The van der Waals surface area contributed by atoms with Gasteiger partial charge in [-0.2, -0.15) is 0 Å². The van der Waals surface area contributed by atoms with Crippen molar-refractivity contribution >= 4 is 28.9 Å². The van der Waals surface area contributed by atoms with Gasteiger partial charge in [-0.3, -0.25) is 4.79 Å². The van der Waals surface area contributed by atoms with Gasteiger partial charge in [-0.15, -0.1) is 0 Å². The highest BCUT2D eigenvalue weighted by molar-refractivity contribution is 6.31. The predicted molar refractivity (Wildman–Crippen MR) is 81.5 cm³/mol. The van der Waals surface area contributed by atoms with E-state index in [4.69, 9.17) is 22.1 Å². The second kappa shape index (κ2) is 5.84. The number of nitrogen functional groups attached to an aromatic ring is 1. The second-order valence-corrected chi connectivity index (χ2v) is 4.83. The number of carbonyl (C=O) groups is 1. The van der Waals surface area contributed by atoms with Gasteiger partial charge in [-0.1, -0.05) is 17.7 Å². The number of nitrogens with two attached hydrogens (primary N) is 1. The summed E-state index contributed by atoms with van der Waals surface area (Å²) in [6.07, 6.45) is 0. The van der Waals surface area contributed by atoms with E-state index in [2.05, 4.69) is 5.32 Å². The molecule has 0 heterocycles. The van der Waals surface area contributed by atoms with Gasteiger partial charge in [0.15, 0.2) is 0 Å². The lowest BCUT2D eigenvalue weighted by Crippen LogP contribution is -2.14. The van der Waals surface area contributed by atoms with Crippen LogP contribution in [0.15, 0.2) is 36.4 Å². The van der Waals surface area contributed by atoms with Gasteiger partial charge < -0.3 is 15.8 Å². The van der Waals surface area contributed by atoms with Crippen molar-refractivity contribution in [3.05, 3.63) is 52.5 Å². The van der Waals surface area contributed by atoms with Gasteiger partial charge in [0.05, 0.1) is 18.4 Å². The van der Waals surface area contributed by atoms with Crippen molar-refractivity contribution < 1.29 is 9.53 Å². The Labute approximate surface area is 122 Å². The Balaban J connectivity index is 2.30. The van der Waals surface area contributed by atoms with Crippen LogP contribution in [0.2, 0.25) is 5.02 Å². The number of benzene rings is 2. The van der Waals surface area contributed by atoms with Gasteiger partial charge in [0.25, 0.3) is 5.91 Å². The summed E-state index contributed by atoms with van der Waals surface area (Å²) in [6.45, 7) is 1.91. The van der Waals surface area contributed by atoms with Crippen LogP contribution in [-0.2, 0) is 0 Å². The van der Waals surface area contributed by atoms with E-state index in [0.717, 1.165) is 5.56 Å². The molecule has 2 aromatic rings. The predicted octanol–water partition coefficient (Wildman–Crippen LogP) is 3.49. The molecular weight excluding hydrogens is 276 g/mol. The fourth-order valence-electron chi connectivity index (χ4n) is 1.86. The quantitative estimate of drug-likeness (QED) is 0.851. The van der Waals surface area contributed by atoms with E-state index in [9.17, 15) is 4.79 Å². The third-order valence-corrected chi connectivity index (χ3v) is 3.10. The highest BCUT2D eigenvalue weighted by Crippen LogP contribution is 2.28. The van der Waals surface area contributed by atoms with E-state index in [-0.39, 0.29) is 5.91 Å². The third-order valence-electron chi connectivity index (χ3n) is 2.86. The molecule has 0 unspecified atom stereocenters. The number of anilines is 2. The fraction of sp³-hybridized carbons (Fsp3) is 0.133. The van der Waals surface area contributed by atoms with Gasteiger partial charge in [0.2, 0.25) is 0 Å². The first-order valence-electron chi connectivity index (χ1n) is 6.02. The summed E-state index contributed by atoms with van der Waals surface area (Å²) in [7, 11) is 1.53. The van der Waals surface area contributed by atoms with Crippen LogP contribution in [0, 0.1) is 6.92 Å². The Morgan fingerprint density at radius 2 is 2.00 bits per heavy atom. The third kappa shape index (κ3) is 3.03. The molecule has 1 amide bonds. The first kappa shape index (κ1) is 14.2. The minimum Gasteiger partial charge on any atom is -0.495 e. The number of methoxy groups -OCH3 is 1. The van der Waals surface area contributed by atoms with Gasteiger partial charge in [-0.05, 0) is 42.8 Å². The zero-order chi connectivity index (χ0) is 14.7. The van der Waals surface area contributed by atoms with E-state index < -0.39 is 0 Å². The lowest BCUT2D eigenvalue weighted by atomic mass is 10.1. The summed E-state index contributed by atoms with van der Waals surface area (Å²) in [6, 6.07) is 10.3. The van der Waals surface area contributed by atoms with Crippen LogP contribution in [0.1, 0.15) is 15.9 Å². The van der Waals surface area contributed by atoms with Gasteiger partial charge >= 0.3 is 0 Å². The molecular formula is C15H15ClN2O2. The largest absolute Gasteiger partial charge is 0.495 e. The molecule has 0 spiro atoms.